The number of aldehydes is 1. The minimum Gasteiger partial charge on any atom is -0.298 e. The van der Waals surface area contributed by atoms with Gasteiger partial charge in [0.15, 0.2) is 6.29 Å². The average molecular weight is 256 g/mol. The second kappa shape index (κ2) is 5.10. The van der Waals surface area contributed by atoms with E-state index in [4.69, 9.17) is 0 Å². The van der Waals surface area contributed by atoms with Crippen LogP contribution in [0.1, 0.15) is 37.7 Å². The summed E-state index contributed by atoms with van der Waals surface area (Å²) in [6, 6.07) is 9.08. The van der Waals surface area contributed by atoms with Gasteiger partial charge in [0.05, 0.1) is 0 Å². The van der Waals surface area contributed by atoms with Crippen molar-refractivity contribution in [2.45, 2.75) is 20.8 Å². The summed E-state index contributed by atoms with van der Waals surface area (Å²) in [6.07, 6.45) is 0.789. The molecule has 1 aromatic heterocycles. The topological polar surface area (TPSA) is 51.1 Å². The molecule has 0 fully saturated rings. The van der Waals surface area contributed by atoms with E-state index < -0.39 is 0 Å². The Hall–Kier alpha value is -2.36. The van der Waals surface area contributed by atoms with E-state index in [0.717, 1.165) is 23.2 Å². The lowest BCUT2D eigenvalue weighted by Crippen LogP contribution is -2.24. The molecule has 0 bridgehead atoms. The molecule has 0 aliphatic heterocycles. The smallest absolute Gasteiger partial charge is 0.270 e. The molecule has 2 aromatic rings. The van der Waals surface area contributed by atoms with Crippen molar-refractivity contribution >= 4 is 12.2 Å². The third-order valence-electron chi connectivity index (χ3n) is 3.12. The van der Waals surface area contributed by atoms with E-state index in [0.29, 0.717) is 11.1 Å². The van der Waals surface area contributed by atoms with Gasteiger partial charge >= 0.3 is 0 Å². The molecule has 19 heavy (non-hydrogen) atoms. The van der Waals surface area contributed by atoms with Crippen LogP contribution in [0.25, 0.3) is 0 Å². The summed E-state index contributed by atoms with van der Waals surface area (Å²) in [5.74, 6) is -0.195. The van der Waals surface area contributed by atoms with Gasteiger partial charge in [0.1, 0.15) is 0 Å². The summed E-state index contributed by atoms with van der Waals surface area (Å²) in [5.41, 5.74) is 6.62. The van der Waals surface area contributed by atoms with Crippen molar-refractivity contribution < 1.29 is 9.59 Å². The van der Waals surface area contributed by atoms with Gasteiger partial charge in [-0.1, -0.05) is 17.7 Å². The Balaban J connectivity index is 2.26. The minimum atomic E-state index is -0.195. The van der Waals surface area contributed by atoms with E-state index in [9.17, 15) is 9.59 Å². The number of nitrogens with zero attached hydrogens (tertiary/aromatic N) is 1. The van der Waals surface area contributed by atoms with Crippen LogP contribution in [-0.2, 0) is 0 Å². The summed E-state index contributed by atoms with van der Waals surface area (Å²) in [7, 11) is 0. The quantitative estimate of drug-likeness (QED) is 0.858. The third kappa shape index (κ3) is 2.57. The second-order valence-corrected chi connectivity index (χ2v) is 4.59. The van der Waals surface area contributed by atoms with Gasteiger partial charge in [-0.2, -0.15) is 0 Å². The summed E-state index contributed by atoms with van der Waals surface area (Å²) in [6.45, 7) is 5.61. The minimum absolute atomic E-state index is 0.195. The maximum absolute atomic E-state index is 12.1. The molecule has 98 valence electrons. The molecular formula is C15H16N2O2. The maximum Gasteiger partial charge on any atom is 0.270 e. The first kappa shape index (κ1) is 13.1. The van der Waals surface area contributed by atoms with Crippen LogP contribution in [0, 0.1) is 20.8 Å². The SMILES string of the molecule is Cc1ccc(C(=O)Nn2c(C)cc(C=O)c2C)cc1. The number of rotatable bonds is 3. The molecule has 0 aliphatic carbocycles. The van der Waals surface area contributed by atoms with Gasteiger partial charge < -0.3 is 0 Å². The lowest BCUT2D eigenvalue weighted by atomic mass is 10.1. The molecule has 2 rings (SSSR count). The molecule has 4 heteroatoms. The molecule has 0 saturated carbocycles. The van der Waals surface area contributed by atoms with Gasteiger partial charge in [-0.05, 0) is 39.0 Å². The Kier molecular flexibility index (Phi) is 3.51. The van der Waals surface area contributed by atoms with E-state index in [1.165, 1.54) is 0 Å². The van der Waals surface area contributed by atoms with Crippen molar-refractivity contribution in [1.29, 1.82) is 0 Å². The van der Waals surface area contributed by atoms with E-state index >= 15 is 0 Å². The fourth-order valence-electron chi connectivity index (χ4n) is 1.95. The highest BCUT2D eigenvalue weighted by atomic mass is 16.2. The zero-order chi connectivity index (χ0) is 14.0. The molecular weight excluding hydrogens is 240 g/mol. The molecule has 4 nitrogen and oxygen atoms in total. The Bertz CT molecular complexity index is 624. The Morgan fingerprint density at radius 3 is 2.32 bits per heavy atom. The predicted molar refractivity (Wildman–Crippen MR) is 74.2 cm³/mol. The van der Waals surface area contributed by atoms with Crippen molar-refractivity contribution in [1.82, 2.24) is 4.68 Å². The van der Waals surface area contributed by atoms with Gasteiger partial charge in [0, 0.05) is 22.5 Å². The van der Waals surface area contributed by atoms with Gasteiger partial charge in [0.2, 0.25) is 0 Å². The van der Waals surface area contributed by atoms with Crippen molar-refractivity contribution in [3.8, 4) is 0 Å². The lowest BCUT2D eigenvalue weighted by Gasteiger charge is -2.11. The van der Waals surface area contributed by atoms with E-state index in [-0.39, 0.29) is 5.91 Å². The number of hydrogen-bond donors (Lipinski definition) is 1. The van der Waals surface area contributed by atoms with Crippen molar-refractivity contribution in [3.05, 3.63) is 58.4 Å². The number of carbonyl (C=O) groups excluding carboxylic acids is 2. The molecule has 1 amide bonds. The molecule has 0 aliphatic rings. The molecule has 0 radical (unpaired) electrons. The highest BCUT2D eigenvalue weighted by Crippen LogP contribution is 2.12. The van der Waals surface area contributed by atoms with E-state index in [1.54, 1.807) is 29.8 Å². The molecule has 1 heterocycles. The van der Waals surface area contributed by atoms with Crippen LogP contribution < -0.4 is 5.43 Å². The summed E-state index contributed by atoms with van der Waals surface area (Å²) in [4.78, 5) is 23.0. The van der Waals surface area contributed by atoms with Crippen LogP contribution in [0.3, 0.4) is 0 Å². The standard InChI is InChI=1S/C15H16N2O2/c1-10-4-6-13(7-5-10)15(19)16-17-11(2)8-14(9-18)12(17)3/h4-9H,1-3H3,(H,16,19). The van der Waals surface area contributed by atoms with Crippen molar-refractivity contribution in [2.75, 3.05) is 5.43 Å². The van der Waals surface area contributed by atoms with Crippen LogP contribution in [0.15, 0.2) is 30.3 Å². The summed E-state index contributed by atoms with van der Waals surface area (Å²) < 4.78 is 1.63. The van der Waals surface area contributed by atoms with Gasteiger partial charge in [-0.3, -0.25) is 19.7 Å². The second-order valence-electron chi connectivity index (χ2n) is 4.59. The third-order valence-corrected chi connectivity index (χ3v) is 3.12. The fraction of sp³-hybridized carbons (Fsp3) is 0.200. The Labute approximate surface area is 112 Å². The number of carbonyl (C=O) groups is 2. The maximum atomic E-state index is 12.1. The normalized spacial score (nSPS) is 10.3. The summed E-state index contributed by atoms with van der Waals surface area (Å²) in [5, 5.41) is 0. The zero-order valence-electron chi connectivity index (χ0n) is 11.2. The monoisotopic (exact) mass is 256 g/mol. The number of aromatic nitrogens is 1. The number of hydrogen-bond acceptors (Lipinski definition) is 2. The van der Waals surface area contributed by atoms with Crippen LogP contribution in [0.2, 0.25) is 0 Å². The van der Waals surface area contributed by atoms with Crippen molar-refractivity contribution in [3.63, 3.8) is 0 Å². The Morgan fingerprint density at radius 2 is 1.79 bits per heavy atom. The molecule has 1 N–H and O–H groups in total. The number of amides is 1. The molecule has 1 aromatic carbocycles. The van der Waals surface area contributed by atoms with Crippen LogP contribution >= 0.6 is 0 Å². The lowest BCUT2D eigenvalue weighted by molar-refractivity contribution is 0.101. The average Bonchev–Trinajstić information content (AvgIpc) is 2.67. The summed E-state index contributed by atoms with van der Waals surface area (Å²) >= 11 is 0. The fourth-order valence-corrected chi connectivity index (χ4v) is 1.95. The van der Waals surface area contributed by atoms with Crippen LogP contribution in [0.5, 0.6) is 0 Å². The first-order valence-electron chi connectivity index (χ1n) is 6.05. The first-order chi connectivity index (χ1) is 9.02. The molecule has 0 spiro atoms. The Morgan fingerprint density at radius 1 is 1.16 bits per heavy atom. The van der Waals surface area contributed by atoms with Gasteiger partial charge in [0.25, 0.3) is 5.91 Å². The van der Waals surface area contributed by atoms with Crippen LogP contribution in [-0.4, -0.2) is 16.9 Å². The number of aryl methyl sites for hydroxylation is 2. The van der Waals surface area contributed by atoms with Gasteiger partial charge in [-0.15, -0.1) is 0 Å². The number of nitrogens with one attached hydrogen (secondary N) is 1. The first-order valence-corrected chi connectivity index (χ1v) is 6.05. The largest absolute Gasteiger partial charge is 0.298 e. The number of benzene rings is 1. The zero-order valence-corrected chi connectivity index (χ0v) is 11.2. The molecule has 0 unspecified atom stereocenters. The van der Waals surface area contributed by atoms with E-state index in [1.807, 2.05) is 26.0 Å². The highest BCUT2D eigenvalue weighted by molar-refractivity contribution is 6.00. The molecule has 0 atom stereocenters. The predicted octanol–water partition coefficient (Wildman–Crippen LogP) is 2.61. The molecule has 0 saturated heterocycles. The highest BCUT2D eigenvalue weighted by Gasteiger charge is 2.11. The van der Waals surface area contributed by atoms with E-state index in [2.05, 4.69) is 5.43 Å². The van der Waals surface area contributed by atoms with Crippen LogP contribution in [0.4, 0.5) is 0 Å². The van der Waals surface area contributed by atoms with Gasteiger partial charge in [-0.25, -0.2) is 0 Å². The van der Waals surface area contributed by atoms with Crippen molar-refractivity contribution in [2.24, 2.45) is 0 Å².